The molecule has 1 aliphatic rings. The molecule has 1 saturated carbocycles. The molecule has 0 radical (unpaired) electrons. The number of benzene rings is 1. The average Bonchev–Trinajstić information content (AvgIpc) is 3.13. The van der Waals surface area contributed by atoms with Crippen LogP contribution in [0.1, 0.15) is 12.8 Å². The molecule has 0 bridgehead atoms. The molecule has 1 aliphatic carbocycles. The third-order valence-corrected chi connectivity index (χ3v) is 3.98. The number of rotatable bonds is 6. The first kappa shape index (κ1) is 12.2. The van der Waals surface area contributed by atoms with E-state index in [2.05, 4.69) is 5.32 Å². The molecule has 0 spiro atoms. The molecule has 6 heteroatoms. The summed E-state index contributed by atoms with van der Waals surface area (Å²) in [5.41, 5.74) is 0.0295. The quantitative estimate of drug-likeness (QED) is 0.616. The minimum Gasteiger partial charge on any atom is -0.313 e. The fraction of sp³-hybridized carbons (Fsp3) is 0.455. The van der Waals surface area contributed by atoms with Gasteiger partial charge in [0.2, 0.25) is 0 Å². The molecule has 1 fully saturated rings. The lowest BCUT2D eigenvalue weighted by atomic mass is 10.3. The van der Waals surface area contributed by atoms with Crippen molar-refractivity contribution in [1.29, 1.82) is 0 Å². The van der Waals surface area contributed by atoms with Gasteiger partial charge in [-0.15, -0.1) is 0 Å². The summed E-state index contributed by atoms with van der Waals surface area (Å²) in [5, 5.41) is 13.7. The smallest absolute Gasteiger partial charge is 0.269 e. The van der Waals surface area contributed by atoms with Crippen molar-refractivity contribution in [2.75, 3.05) is 12.3 Å². The van der Waals surface area contributed by atoms with Crippen molar-refractivity contribution in [3.05, 3.63) is 34.4 Å². The number of nitrogens with one attached hydrogen (secondary N) is 1. The van der Waals surface area contributed by atoms with E-state index in [9.17, 15) is 14.3 Å². The number of nitrogens with zero attached hydrogens (tertiary/aromatic N) is 1. The summed E-state index contributed by atoms with van der Waals surface area (Å²) in [6.07, 6.45) is 2.42. The van der Waals surface area contributed by atoms with Crippen molar-refractivity contribution in [2.45, 2.75) is 23.8 Å². The van der Waals surface area contributed by atoms with Crippen LogP contribution in [0.2, 0.25) is 0 Å². The SMILES string of the molecule is O=[N+]([O-])c1ccc(S(=O)CCNC2CC2)cc1. The van der Waals surface area contributed by atoms with Gasteiger partial charge in [-0.05, 0) is 25.0 Å². The first-order valence-electron chi connectivity index (χ1n) is 5.53. The highest BCUT2D eigenvalue weighted by atomic mass is 32.2. The van der Waals surface area contributed by atoms with Crippen molar-refractivity contribution < 1.29 is 9.13 Å². The fourth-order valence-electron chi connectivity index (χ4n) is 1.48. The molecule has 1 unspecified atom stereocenters. The lowest BCUT2D eigenvalue weighted by Crippen LogP contribution is -2.22. The molecule has 1 aromatic carbocycles. The van der Waals surface area contributed by atoms with E-state index in [1.807, 2.05) is 0 Å². The fourth-order valence-corrected chi connectivity index (χ4v) is 2.46. The second kappa shape index (κ2) is 5.37. The van der Waals surface area contributed by atoms with E-state index in [4.69, 9.17) is 0 Å². The maximum atomic E-state index is 11.8. The van der Waals surface area contributed by atoms with Crippen molar-refractivity contribution in [2.24, 2.45) is 0 Å². The summed E-state index contributed by atoms with van der Waals surface area (Å²) in [5.74, 6) is 0.550. The monoisotopic (exact) mass is 254 g/mol. The molecule has 1 N–H and O–H groups in total. The molecule has 1 aromatic rings. The molecule has 0 heterocycles. The van der Waals surface area contributed by atoms with Gasteiger partial charge in [-0.1, -0.05) is 0 Å². The summed E-state index contributed by atoms with van der Waals surface area (Å²) in [6, 6.07) is 6.52. The third-order valence-electron chi connectivity index (χ3n) is 2.61. The second-order valence-corrected chi connectivity index (χ2v) is 5.60. The van der Waals surface area contributed by atoms with Crippen LogP contribution < -0.4 is 5.32 Å². The Bertz CT molecular complexity index is 429. The molecular formula is C11H14N2O3S. The van der Waals surface area contributed by atoms with E-state index in [0.29, 0.717) is 16.7 Å². The van der Waals surface area contributed by atoms with Gasteiger partial charge >= 0.3 is 0 Å². The molecule has 5 nitrogen and oxygen atoms in total. The highest BCUT2D eigenvalue weighted by Gasteiger charge is 2.20. The average molecular weight is 254 g/mol. The van der Waals surface area contributed by atoms with E-state index in [1.165, 1.54) is 25.0 Å². The highest BCUT2D eigenvalue weighted by Crippen LogP contribution is 2.18. The van der Waals surface area contributed by atoms with Crippen LogP contribution in [0.4, 0.5) is 5.69 Å². The first-order valence-corrected chi connectivity index (χ1v) is 6.85. The summed E-state index contributed by atoms with van der Waals surface area (Å²) in [7, 11) is -1.08. The molecule has 0 aliphatic heterocycles. The van der Waals surface area contributed by atoms with Crippen molar-refractivity contribution in [3.63, 3.8) is 0 Å². The predicted octanol–water partition coefficient (Wildman–Crippen LogP) is 1.45. The van der Waals surface area contributed by atoms with Crippen LogP contribution in [0.3, 0.4) is 0 Å². The Morgan fingerprint density at radius 2 is 2.00 bits per heavy atom. The van der Waals surface area contributed by atoms with Crippen molar-refractivity contribution in [3.8, 4) is 0 Å². The second-order valence-electron chi connectivity index (χ2n) is 4.03. The molecule has 0 aromatic heterocycles. The van der Waals surface area contributed by atoms with E-state index in [1.54, 1.807) is 12.1 Å². The van der Waals surface area contributed by atoms with Crippen LogP contribution in [0.15, 0.2) is 29.2 Å². The van der Waals surface area contributed by atoms with Gasteiger partial charge in [-0.3, -0.25) is 14.3 Å². The molecule has 0 saturated heterocycles. The van der Waals surface area contributed by atoms with Crippen LogP contribution in [-0.2, 0) is 10.8 Å². The number of non-ortho nitro benzene ring substituents is 1. The van der Waals surface area contributed by atoms with E-state index in [0.717, 1.165) is 6.54 Å². The standard InChI is InChI=1S/C11H14N2O3S/c14-13(15)10-3-5-11(6-4-10)17(16)8-7-12-9-1-2-9/h3-6,9,12H,1-2,7-8H2. The Morgan fingerprint density at radius 3 is 2.53 bits per heavy atom. The van der Waals surface area contributed by atoms with Crippen LogP contribution >= 0.6 is 0 Å². The Kier molecular flexibility index (Phi) is 3.86. The van der Waals surface area contributed by atoms with E-state index >= 15 is 0 Å². The van der Waals surface area contributed by atoms with Gasteiger partial charge < -0.3 is 5.32 Å². The van der Waals surface area contributed by atoms with Gasteiger partial charge in [0.25, 0.3) is 5.69 Å². The summed E-state index contributed by atoms with van der Waals surface area (Å²) in [4.78, 5) is 10.6. The highest BCUT2D eigenvalue weighted by molar-refractivity contribution is 7.85. The zero-order valence-corrected chi connectivity index (χ0v) is 10.1. The van der Waals surface area contributed by atoms with Crippen molar-refractivity contribution in [1.82, 2.24) is 5.32 Å². The van der Waals surface area contributed by atoms with Gasteiger partial charge in [-0.2, -0.15) is 0 Å². The van der Waals surface area contributed by atoms with E-state index < -0.39 is 15.7 Å². The van der Waals surface area contributed by atoms with Gasteiger partial charge in [0.05, 0.1) is 15.7 Å². The predicted molar refractivity (Wildman–Crippen MR) is 65.4 cm³/mol. The lowest BCUT2D eigenvalue weighted by molar-refractivity contribution is -0.384. The Balaban J connectivity index is 1.86. The molecule has 17 heavy (non-hydrogen) atoms. The Labute approximate surface area is 102 Å². The number of hydrogen-bond donors (Lipinski definition) is 1. The Morgan fingerprint density at radius 1 is 1.35 bits per heavy atom. The van der Waals surface area contributed by atoms with Crippen molar-refractivity contribution >= 4 is 16.5 Å². The van der Waals surface area contributed by atoms with Gasteiger partial charge in [0, 0.05) is 35.4 Å². The molecule has 92 valence electrons. The van der Waals surface area contributed by atoms with Crippen LogP contribution in [-0.4, -0.2) is 27.5 Å². The maximum absolute atomic E-state index is 11.8. The minimum absolute atomic E-state index is 0.0295. The zero-order chi connectivity index (χ0) is 12.3. The first-order chi connectivity index (χ1) is 8.16. The largest absolute Gasteiger partial charge is 0.313 e. The number of nitro benzene ring substituents is 1. The van der Waals surface area contributed by atoms with Gasteiger partial charge in [-0.25, -0.2) is 0 Å². The van der Waals surface area contributed by atoms with Crippen LogP contribution in [0.25, 0.3) is 0 Å². The van der Waals surface area contributed by atoms with Crippen LogP contribution in [0.5, 0.6) is 0 Å². The summed E-state index contributed by atoms with van der Waals surface area (Å²) < 4.78 is 11.8. The number of nitro groups is 1. The number of hydrogen-bond acceptors (Lipinski definition) is 4. The Hall–Kier alpha value is -1.27. The molecule has 0 amide bonds. The lowest BCUT2D eigenvalue weighted by Gasteiger charge is -2.03. The third kappa shape index (κ3) is 3.61. The zero-order valence-electron chi connectivity index (χ0n) is 9.30. The summed E-state index contributed by atoms with van der Waals surface area (Å²) >= 11 is 0. The summed E-state index contributed by atoms with van der Waals surface area (Å²) in [6.45, 7) is 0.730. The van der Waals surface area contributed by atoms with Crippen LogP contribution in [0, 0.1) is 10.1 Å². The maximum Gasteiger partial charge on any atom is 0.269 e. The molecule has 2 rings (SSSR count). The normalized spacial score (nSPS) is 16.7. The van der Waals surface area contributed by atoms with E-state index in [-0.39, 0.29) is 5.69 Å². The molecular weight excluding hydrogens is 240 g/mol. The van der Waals surface area contributed by atoms with Gasteiger partial charge in [0.1, 0.15) is 0 Å². The minimum atomic E-state index is -1.08. The topological polar surface area (TPSA) is 72.2 Å². The van der Waals surface area contributed by atoms with Gasteiger partial charge in [0.15, 0.2) is 0 Å². The molecule has 1 atom stereocenters.